The minimum Gasteiger partial charge on any atom is -0.497 e. The molecular weight excluding hydrogens is 388 g/mol. The van der Waals surface area contributed by atoms with Crippen LogP contribution in [0.5, 0.6) is 5.75 Å². The maximum atomic E-state index is 14.0. The Bertz CT molecular complexity index is 992. The number of benzene rings is 2. The van der Waals surface area contributed by atoms with Crippen molar-refractivity contribution in [3.8, 4) is 5.75 Å². The van der Waals surface area contributed by atoms with E-state index in [2.05, 4.69) is 6.92 Å². The summed E-state index contributed by atoms with van der Waals surface area (Å²) in [5.74, 6) is 1.20. The second-order valence-electron chi connectivity index (χ2n) is 9.24. The normalized spacial score (nSPS) is 24.1. The van der Waals surface area contributed by atoms with E-state index in [9.17, 15) is 9.59 Å². The molecule has 2 heterocycles. The average molecular weight is 419 g/mol. The number of likely N-dealkylation sites (tertiary alicyclic amines) is 1. The Morgan fingerprint density at radius 3 is 2.45 bits per heavy atom. The molecule has 2 unspecified atom stereocenters. The fraction of sp³-hybridized carbons (Fsp3) is 0.462. The molecule has 0 aromatic heterocycles. The molecule has 31 heavy (non-hydrogen) atoms. The largest absolute Gasteiger partial charge is 0.497 e. The van der Waals surface area contributed by atoms with Gasteiger partial charge in [-0.1, -0.05) is 37.3 Å². The highest BCUT2D eigenvalue weighted by atomic mass is 16.5. The second-order valence-corrected chi connectivity index (χ2v) is 9.24. The van der Waals surface area contributed by atoms with Gasteiger partial charge in [0.1, 0.15) is 5.75 Å². The molecule has 2 fully saturated rings. The van der Waals surface area contributed by atoms with Crippen LogP contribution < -0.4 is 4.74 Å². The molecule has 3 aliphatic rings. The number of fused-ring (bicyclic) bond motifs is 1. The lowest BCUT2D eigenvalue weighted by atomic mass is 9.78. The number of amides is 2. The Hall–Kier alpha value is -2.82. The molecule has 0 N–H and O–H groups in total. The van der Waals surface area contributed by atoms with Crippen molar-refractivity contribution >= 4 is 11.8 Å². The van der Waals surface area contributed by atoms with Crippen LogP contribution in [0.1, 0.15) is 66.1 Å². The van der Waals surface area contributed by atoms with E-state index >= 15 is 0 Å². The lowest BCUT2D eigenvalue weighted by molar-refractivity contribution is -0.136. The molecule has 1 saturated heterocycles. The molecule has 5 nitrogen and oxygen atoms in total. The number of piperidine rings is 1. The van der Waals surface area contributed by atoms with Crippen LogP contribution in [0, 0.1) is 5.92 Å². The van der Waals surface area contributed by atoms with E-state index in [-0.39, 0.29) is 23.9 Å². The molecule has 5 heteroatoms. The summed E-state index contributed by atoms with van der Waals surface area (Å²) < 4.78 is 5.48. The average Bonchev–Trinajstić information content (AvgIpc) is 3.64. The molecule has 5 rings (SSSR count). The van der Waals surface area contributed by atoms with Gasteiger partial charge in [0.15, 0.2) is 0 Å². The summed E-state index contributed by atoms with van der Waals surface area (Å²) in [6.07, 6.45) is 4.07. The Balaban J connectivity index is 1.63. The maximum Gasteiger partial charge on any atom is 0.254 e. The van der Waals surface area contributed by atoms with Crippen molar-refractivity contribution in [1.29, 1.82) is 0 Å². The van der Waals surface area contributed by atoms with E-state index in [0.717, 1.165) is 55.6 Å². The van der Waals surface area contributed by atoms with Gasteiger partial charge in [-0.3, -0.25) is 9.59 Å². The molecule has 0 radical (unpaired) electrons. The molecule has 162 valence electrons. The highest BCUT2D eigenvalue weighted by Gasteiger charge is 2.50. The minimum atomic E-state index is -0.394. The smallest absolute Gasteiger partial charge is 0.254 e. The van der Waals surface area contributed by atoms with E-state index in [1.165, 1.54) is 0 Å². The van der Waals surface area contributed by atoms with Crippen LogP contribution in [0.25, 0.3) is 0 Å². The second kappa shape index (κ2) is 8.03. The zero-order valence-electron chi connectivity index (χ0n) is 18.3. The van der Waals surface area contributed by atoms with Gasteiger partial charge in [0.25, 0.3) is 5.91 Å². The molecule has 1 saturated carbocycles. The van der Waals surface area contributed by atoms with Gasteiger partial charge in [0.2, 0.25) is 5.91 Å². The fourth-order valence-electron chi connectivity index (χ4n) is 5.18. The van der Waals surface area contributed by atoms with Crippen LogP contribution in [-0.2, 0) is 4.79 Å². The summed E-state index contributed by atoms with van der Waals surface area (Å²) in [5, 5.41) is 0. The van der Waals surface area contributed by atoms with Crippen LogP contribution in [0.3, 0.4) is 0 Å². The molecule has 2 amide bonds. The van der Waals surface area contributed by atoms with Crippen LogP contribution in [0.2, 0.25) is 0 Å². The first-order valence-electron chi connectivity index (χ1n) is 11.4. The van der Waals surface area contributed by atoms with Crippen LogP contribution in [-0.4, -0.2) is 47.9 Å². The van der Waals surface area contributed by atoms with E-state index in [1.54, 1.807) is 7.11 Å². The predicted molar refractivity (Wildman–Crippen MR) is 119 cm³/mol. The number of methoxy groups -OCH3 is 1. The minimum absolute atomic E-state index is 0.0437. The summed E-state index contributed by atoms with van der Waals surface area (Å²) in [4.78, 5) is 31.6. The highest BCUT2D eigenvalue weighted by molar-refractivity contribution is 6.01. The van der Waals surface area contributed by atoms with E-state index in [1.807, 2.05) is 58.3 Å². The molecule has 0 spiro atoms. The maximum absolute atomic E-state index is 14.0. The van der Waals surface area contributed by atoms with Gasteiger partial charge in [0.05, 0.1) is 19.1 Å². The Morgan fingerprint density at radius 1 is 1.00 bits per heavy atom. The van der Waals surface area contributed by atoms with Gasteiger partial charge in [-0.05, 0) is 60.9 Å². The third-order valence-corrected chi connectivity index (χ3v) is 7.11. The summed E-state index contributed by atoms with van der Waals surface area (Å²) in [7, 11) is 1.65. The van der Waals surface area contributed by atoms with Crippen molar-refractivity contribution in [2.45, 2.75) is 50.6 Å². The van der Waals surface area contributed by atoms with Crippen molar-refractivity contribution < 1.29 is 14.3 Å². The first-order chi connectivity index (χ1) is 15.1. The molecule has 0 bridgehead atoms. The number of rotatable bonds is 4. The van der Waals surface area contributed by atoms with E-state index in [4.69, 9.17) is 4.74 Å². The number of carbonyl (C=O) groups is 2. The van der Waals surface area contributed by atoms with Crippen LogP contribution in [0.15, 0.2) is 48.5 Å². The first kappa shape index (κ1) is 20.1. The summed E-state index contributed by atoms with van der Waals surface area (Å²) in [5.41, 5.74) is 2.51. The van der Waals surface area contributed by atoms with Crippen molar-refractivity contribution in [1.82, 2.24) is 9.80 Å². The van der Waals surface area contributed by atoms with E-state index < -0.39 is 5.92 Å². The van der Waals surface area contributed by atoms with Gasteiger partial charge >= 0.3 is 0 Å². The third-order valence-electron chi connectivity index (χ3n) is 7.11. The van der Waals surface area contributed by atoms with Crippen LogP contribution >= 0.6 is 0 Å². The summed E-state index contributed by atoms with van der Waals surface area (Å²) in [6.45, 7) is 3.84. The molecule has 2 aromatic carbocycles. The molecule has 2 atom stereocenters. The van der Waals surface area contributed by atoms with Gasteiger partial charge in [-0.25, -0.2) is 0 Å². The first-order valence-corrected chi connectivity index (χ1v) is 11.4. The lowest BCUT2D eigenvalue weighted by Crippen LogP contribution is -2.50. The number of hydrogen-bond acceptors (Lipinski definition) is 3. The standard InChI is InChI=1S/C26H30N2O3/c1-17-12-14-27(15-13-17)26(30)23-21-8-3-4-9-22(21)25(29)28(19-10-11-19)24(23)18-6-5-7-20(16-18)31-2/h3-9,16-17,19,23-24H,10-15H2,1-2H3. The van der Waals surface area contributed by atoms with Crippen molar-refractivity contribution in [3.05, 3.63) is 65.2 Å². The highest BCUT2D eigenvalue weighted by Crippen LogP contribution is 2.48. The molecule has 1 aliphatic carbocycles. The van der Waals surface area contributed by atoms with Gasteiger partial charge in [-0.15, -0.1) is 0 Å². The number of nitrogens with zero attached hydrogens (tertiary/aromatic N) is 2. The predicted octanol–water partition coefficient (Wildman–Crippen LogP) is 4.40. The summed E-state index contributed by atoms with van der Waals surface area (Å²) >= 11 is 0. The number of carbonyl (C=O) groups excluding carboxylic acids is 2. The quantitative estimate of drug-likeness (QED) is 0.740. The van der Waals surface area contributed by atoms with Crippen LogP contribution in [0.4, 0.5) is 0 Å². The van der Waals surface area contributed by atoms with Crippen molar-refractivity contribution in [2.24, 2.45) is 5.92 Å². The zero-order chi connectivity index (χ0) is 21.5. The SMILES string of the molecule is COc1cccc(C2C(C(=O)N3CCC(C)CC3)c3ccccc3C(=O)N2C2CC2)c1. The topological polar surface area (TPSA) is 49.9 Å². The monoisotopic (exact) mass is 418 g/mol. The molecular formula is C26H30N2O3. The van der Waals surface area contributed by atoms with Gasteiger partial charge in [-0.2, -0.15) is 0 Å². The lowest BCUT2D eigenvalue weighted by Gasteiger charge is -2.44. The van der Waals surface area contributed by atoms with Gasteiger partial charge in [0, 0.05) is 24.7 Å². The number of ether oxygens (including phenoxy) is 1. The Labute approximate surface area is 184 Å². The van der Waals surface area contributed by atoms with Crippen molar-refractivity contribution in [2.75, 3.05) is 20.2 Å². The number of hydrogen-bond donors (Lipinski definition) is 0. The molecule has 2 aromatic rings. The Kier molecular flexibility index (Phi) is 5.20. The van der Waals surface area contributed by atoms with E-state index in [0.29, 0.717) is 11.5 Å². The Morgan fingerprint density at radius 2 is 1.74 bits per heavy atom. The summed E-state index contributed by atoms with van der Waals surface area (Å²) in [6, 6.07) is 15.5. The third kappa shape index (κ3) is 3.60. The van der Waals surface area contributed by atoms with Crippen molar-refractivity contribution in [3.63, 3.8) is 0 Å². The molecule has 2 aliphatic heterocycles. The fourth-order valence-corrected chi connectivity index (χ4v) is 5.18. The zero-order valence-corrected chi connectivity index (χ0v) is 18.3. The van der Waals surface area contributed by atoms with Gasteiger partial charge < -0.3 is 14.5 Å².